The van der Waals surface area contributed by atoms with Crippen LogP contribution in [-0.4, -0.2) is 16.8 Å². The van der Waals surface area contributed by atoms with Crippen LogP contribution in [0.2, 0.25) is 0 Å². The van der Waals surface area contributed by atoms with Crippen LogP contribution in [0, 0.1) is 5.92 Å². The summed E-state index contributed by atoms with van der Waals surface area (Å²) in [5.41, 5.74) is 1.06. The molecule has 1 atom stereocenters. The third kappa shape index (κ3) is 10.3. The first-order valence-corrected chi connectivity index (χ1v) is 8.96. The molecule has 0 aromatic carbocycles. The number of carbonyl (C=O) groups excluding carboxylic acids is 1. The molecule has 0 heterocycles. The van der Waals surface area contributed by atoms with Crippen LogP contribution in [0.25, 0.3) is 0 Å². The lowest BCUT2D eigenvalue weighted by molar-refractivity contribution is -0.114. The molecule has 0 spiro atoms. The molecule has 0 aromatic heterocycles. The number of rotatable bonds is 10. The van der Waals surface area contributed by atoms with Gasteiger partial charge in [0, 0.05) is 11.2 Å². The molecule has 0 aromatic rings. The average Bonchev–Trinajstić information content (AvgIpc) is 2.38. The largest absolute Gasteiger partial charge is 0.295 e. The highest BCUT2D eigenvalue weighted by Gasteiger charge is 2.15. The normalized spacial score (nSPS) is 14.8. The Morgan fingerprint density at radius 2 is 2.00 bits per heavy atom. The van der Waals surface area contributed by atoms with Crippen LogP contribution < -0.4 is 0 Å². The summed E-state index contributed by atoms with van der Waals surface area (Å²) in [7, 11) is 0. The molecule has 20 heavy (non-hydrogen) atoms. The summed E-state index contributed by atoms with van der Waals surface area (Å²) in [5, 5.41) is 0. The third-order valence-corrected chi connectivity index (χ3v) is 4.99. The van der Waals surface area contributed by atoms with Gasteiger partial charge in [-0.15, -0.1) is 0 Å². The Morgan fingerprint density at radius 3 is 2.55 bits per heavy atom. The Morgan fingerprint density at radius 1 is 1.35 bits per heavy atom. The number of hydrogen-bond acceptors (Lipinski definition) is 2. The molecular weight excluding hydrogens is 264 g/mol. The van der Waals surface area contributed by atoms with Crippen molar-refractivity contribution in [2.75, 3.05) is 6.26 Å². The molecule has 0 N–H and O–H groups in total. The van der Waals surface area contributed by atoms with Crippen molar-refractivity contribution >= 4 is 17.5 Å². The maximum atomic E-state index is 11.3. The first-order valence-electron chi connectivity index (χ1n) is 7.73. The number of hydrogen-bond donors (Lipinski definition) is 0. The molecule has 0 saturated heterocycles. The van der Waals surface area contributed by atoms with Crippen molar-refractivity contribution in [3.05, 3.63) is 23.8 Å². The van der Waals surface area contributed by atoms with Crippen molar-refractivity contribution in [1.29, 1.82) is 0 Å². The van der Waals surface area contributed by atoms with Gasteiger partial charge in [-0.3, -0.25) is 4.79 Å². The molecule has 0 radical (unpaired) electrons. The van der Waals surface area contributed by atoms with Gasteiger partial charge in [0.25, 0.3) is 0 Å². The minimum absolute atomic E-state index is 0.208. The van der Waals surface area contributed by atoms with Gasteiger partial charge in [-0.25, -0.2) is 0 Å². The van der Waals surface area contributed by atoms with Crippen molar-refractivity contribution in [3.63, 3.8) is 0 Å². The van der Waals surface area contributed by atoms with Crippen LogP contribution in [0.3, 0.4) is 0 Å². The zero-order valence-electron chi connectivity index (χ0n) is 14.2. The van der Waals surface area contributed by atoms with E-state index in [9.17, 15) is 4.79 Å². The van der Waals surface area contributed by atoms with Crippen molar-refractivity contribution in [1.82, 2.24) is 0 Å². The van der Waals surface area contributed by atoms with Crippen molar-refractivity contribution in [2.24, 2.45) is 5.92 Å². The van der Waals surface area contributed by atoms with Gasteiger partial charge in [0.1, 0.15) is 0 Å². The van der Waals surface area contributed by atoms with Gasteiger partial charge in [-0.2, -0.15) is 11.8 Å². The summed E-state index contributed by atoms with van der Waals surface area (Å²) in [6.45, 7) is 10.8. The van der Waals surface area contributed by atoms with E-state index >= 15 is 0 Å². The van der Waals surface area contributed by atoms with E-state index in [4.69, 9.17) is 0 Å². The molecular formula is C18H32OS. The van der Waals surface area contributed by atoms with Gasteiger partial charge in [0.2, 0.25) is 0 Å². The molecule has 1 nitrogen and oxygen atoms in total. The topological polar surface area (TPSA) is 17.1 Å². The summed E-state index contributed by atoms with van der Waals surface area (Å²) in [4.78, 5) is 11.3. The monoisotopic (exact) mass is 296 g/mol. The molecule has 2 heteroatoms. The summed E-state index contributed by atoms with van der Waals surface area (Å²) >= 11 is 1.95. The van der Waals surface area contributed by atoms with Crippen LogP contribution in [0.4, 0.5) is 0 Å². The second-order valence-electron chi connectivity index (χ2n) is 6.31. The highest BCUT2D eigenvalue weighted by atomic mass is 32.2. The van der Waals surface area contributed by atoms with E-state index in [0.29, 0.717) is 11.2 Å². The Kier molecular flexibility index (Phi) is 10.0. The standard InChI is InChI=1S/C18H32OS/c1-7-17(19)14-16(3)11-8-10-15(2)12-9-13-18(4,5)20-6/h8,11,14-15H,7,9-10,12-13H2,1-6H3. The quantitative estimate of drug-likeness (QED) is 0.374. The predicted octanol–water partition coefficient (Wildman–Crippen LogP) is 5.81. The molecule has 0 aliphatic heterocycles. The van der Waals surface area contributed by atoms with E-state index in [1.807, 2.05) is 25.6 Å². The fourth-order valence-corrected chi connectivity index (χ4v) is 2.33. The molecule has 0 rings (SSSR count). The Hall–Kier alpha value is -0.500. The van der Waals surface area contributed by atoms with Gasteiger partial charge in [-0.05, 0) is 43.6 Å². The van der Waals surface area contributed by atoms with E-state index in [2.05, 4.69) is 39.2 Å². The van der Waals surface area contributed by atoms with E-state index in [0.717, 1.165) is 17.9 Å². The van der Waals surface area contributed by atoms with Crippen LogP contribution in [0.15, 0.2) is 23.8 Å². The van der Waals surface area contributed by atoms with Crippen LogP contribution >= 0.6 is 11.8 Å². The SMILES string of the molecule is CCC(=O)C=C(C)C=CCC(C)CCCC(C)(C)SC. The first kappa shape index (κ1) is 19.5. The van der Waals surface area contributed by atoms with E-state index in [1.54, 1.807) is 6.08 Å². The minimum atomic E-state index is 0.208. The third-order valence-electron chi connectivity index (χ3n) is 3.68. The minimum Gasteiger partial charge on any atom is -0.295 e. The Bertz CT molecular complexity index is 339. The summed E-state index contributed by atoms with van der Waals surface area (Å²) in [5.74, 6) is 0.929. The lowest BCUT2D eigenvalue weighted by Crippen LogP contribution is -2.13. The molecule has 0 aliphatic rings. The lowest BCUT2D eigenvalue weighted by atomic mass is 9.96. The summed E-state index contributed by atoms with van der Waals surface area (Å²) < 4.78 is 0.412. The van der Waals surface area contributed by atoms with Gasteiger partial charge in [0.05, 0.1) is 0 Å². The summed E-state index contributed by atoms with van der Waals surface area (Å²) in [6.07, 6.45) is 13.8. The zero-order chi connectivity index (χ0) is 15.6. The fraction of sp³-hybridized carbons (Fsp3) is 0.722. The highest BCUT2D eigenvalue weighted by Crippen LogP contribution is 2.28. The van der Waals surface area contributed by atoms with Crippen molar-refractivity contribution in [2.45, 2.75) is 71.5 Å². The maximum absolute atomic E-state index is 11.3. The number of ketones is 1. The maximum Gasteiger partial charge on any atom is 0.155 e. The van der Waals surface area contributed by atoms with E-state index < -0.39 is 0 Å². The second kappa shape index (κ2) is 10.3. The average molecular weight is 297 g/mol. The Labute approximate surface area is 130 Å². The molecule has 0 fully saturated rings. The number of allylic oxidation sites excluding steroid dienone is 4. The van der Waals surface area contributed by atoms with Crippen molar-refractivity contribution in [3.8, 4) is 0 Å². The number of carbonyl (C=O) groups is 1. The van der Waals surface area contributed by atoms with E-state index in [1.165, 1.54) is 19.3 Å². The zero-order valence-corrected chi connectivity index (χ0v) is 15.0. The predicted molar refractivity (Wildman–Crippen MR) is 93.4 cm³/mol. The van der Waals surface area contributed by atoms with Gasteiger partial charge >= 0.3 is 0 Å². The smallest absolute Gasteiger partial charge is 0.155 e. The molecule has 1 unspecified atom stereocenters. The van der Waals surface area contributed by atoms with E-state index in [-0.39, 0.29) is 5.78 Å². The van der Waals surface area contributed by atoms with Crippen molar-refractivity contribution < 1.29 is 4.79 Å². The Balaban J connectivity index is 3.96. The lowest BCUT2D eigenvalue weighted by Gasteiger charge is -2.22. The molecule has 116 valence electrons. The van der Waals surface area contributed by atoms with Crippen LogP contribution in [-0.2, 0) is 4.79 Å². The highest BCUT2D eigenvalue weighted by molar-refractivity contribution is 7.99. The fourth-order valence-electron chi connectivity index (χ4n) is 1.99. The summed E-state index contributed by atoms with van der Waals surface area (Å²) in [6, 6.07) is 0. The molecule has 0 saturated carbocycles. The van der Waals surface area contributed by atoms with Gasteiger partial charge < -0.3 is 0 Å². The van der Waals surface area contributed by atoms with Crippen LogP contribution in [0.5, 0.6) is 0 Å². The molecule has 0 bridgehead atoms. The first-order chi connectivity index (χ1) is 9.30. The van der Waals surface area contributed by atoms with Gasteiger partial charge in [0.15, 0.2) is 5.78 Å². The second-order valence-corrected chi connectivity index (χ2v) is 7.82. The molecule has 0 amide bonds. The van der Waals surface area contributed by atoms with Gasteiger partial charge in [-0.1, -0.05) is 52.7 Å². The van der Waals surface area contributed by atoms with Crippen LogP contribution in [0.1, 0.15) is 66.7 Å². The molecule has 0 aliphatic carbocycles. The number of thioether (sulfide) groups is 1.